The quantitative estimate of drug-likeness (QED) is 0.922. The predicted octanol–water partition coefficient (Wildman–Crippen LogP) is 1.84. The molecule has 3 rings (SSSR count). The Morgan fingerprint density at radius 2 is 1.92 bits per heavy atom. The van der Waals surface area contributed by atoms with E-state index in [1.807, 2.05) is 11.9 Å². The number of benzene rings is 1. The number of hydrogen-bond acceptors (Lipinski definition) is 3. The Bertz CT molecular complexity index is 866. The zero-order valence-electron chi connectivity index (χ0n) is 14.0. The number of aryl methyl sites for hydroxylation is 1. The maximum Gasteiger partial charge on any atom is 0.253 e. The first-order valence-corrected chi connectivity index (χ1v) is 7.99. The Morgan fingerprint density at radius 1 is 1.16 bits per heavy atom. The number of amides is 1. The number of hydrogen-bond donors (Lipinski definition) is 1. The summed E-state index contributed by atoms with van der Waals surface area (Å²) in [6.45, 7) is 0.724. The van der Waals surface area contributed by atoms with Crippen molar-refractivity contribution in [1.82, 2.24) is 14.8 Å². The maximum absolute atomic E-state index is 13.6. The number of carbonyl (C=O) groups excluding carboxylic acids is 1. The van der Waals surface area contributed by atoms with Gasteiger partial charge in [-0.05, 0) is 37.2 Å². The zero-order valence-corrected chi connectivity index (χ0v) is 14.0. The normalized spacial score (nSPS) is 20.6. The van der Waals surface area contributed by atoms with E-state index in [0.717, 1.165) is 12.6 Å². The molecule has 132 valence electrons. The second-order valence-corrected chi connectivity index (χ2v) is 6.33. The Labute approximate surface area is 143 Å². The number of nitrogens with zero attached hydrogens (tertiary/aromatic N) is 2. The third-order valence-corrected chi connectivity index (χ3v) is 4.60. The Kier molecular flexibility index (Phi) is 4.67. The summed E-state index contributed by atoms with van der Waals surface area (Å²) in [5.41, 5.74) is 0.794. The van der Waals surface area contributed by atoms with E-state index in [1.165, 1.54) is 35.0 Å². The van der Waals surface area contributed by atoms with Crippen LogP contribution in [0.4, 0.5) is 8.78 Å². The number of carbonyl (C=O) groups is 1. The van der Waals surface area contributed by atoms with Crippen LogP contribution in [-0.2, 0) is 7.05 Å². The number of halogens is 2. The zero-order chi connectivity index (χ0) is 18.1. The van der Waals surface area contributed by atoms with Crippen LogP contribution >= 0.6 is 0 Å². The fourth-order valence-electron chi connectivity index (χ4n) is 3.26. The molecule has 0 unspecified atom stereocenters. The summed E-state index contributed by atoms with van der Waals surface area (Å²) in [6.07, 6.45) is 2.17. The van der Waals surface area contributed by atoms with Crippen LogP contribution in [0.5, 0.6) is 0 Å². The van der Waals surface area contributed by atoms with Crippen LogP contribution in [0.3, 0.4) is 0 Å². The van der Waals surface area contributed by atoms with Gasteiger partial charge in [0.15, 0.2) is 11.6 Å². The number of rotatable bonds is 3. The lowest BCUT2D eigenvalue weighted by Gasteiger charge is -2.26. The highest BCUT2D eigenvalue weighted by Crippen LogP contribution is 2.31. The van der Waals surface area contributed by atoms with Crippen LogP contribution in [-0.4, -0.2) is 35.0 Å². The molecule has 1 aromatic carbocycles. The van der Waals surface area contributed by atoms with Gasteiger partial charge in [0.05, 0.1) is 17.6 Å². The van der Waals surface area contributed by atoms with Crippen LogP contribution < -0.4 is 10.9 Å². The largest absolute Gasteiger partial charge is 0.347 e. The van der Waals surface area contributed by atoms with Gasteiger partial charge in [0.25, 0.3) is 5.91 Å². The molecule has 0 bridgehead atoms. The molecule has 1 aromatic heterocycles. The minimum atomic E-state index is -0.902. The third-order valence-electron chi connectivity index (χ3n) is 4.60. The number of likely N-dealkylation sites (tertiary alicyclic amines) is 1. The van der Waals surface area contributed by atoms with E-state index in [4.69, 9.17) is 0 Å². The molecule has 0 saturated carbocycles. The average molecular weight is 347 g/mol. The molecule has 1 saturated heterocycles. The molecule has 0 aliphatic carbocycles. The molecular formula is C18H19F2N3O2. The van der Waals surface area contributed by atoms with E-state index in [-0.39, 0.29) is 23.6 Å². The van der Waals surface area contributed by atoms with Crippen molar-refractivity contribution in [2.45, 2.75) is 18.5 Å². The first kappa shape index (κ1) is 17.3. The molecule has 7 heteroatoms. The smallest absolute Gasteiger partial charge is 0.253 e. The molecule has 1 N–H and O–H groups in total. The first-order valence-electron chi connectivity index (χ1n) is 7.99. The maximum atomic E-state index is 13.6. The molecule has 5 nitrogen and oxygen atoms in total. The number of nitrogens with one attached hydrogen (secondary N) is 1. The lowest BCUT2D eigenvalue weighted by Crippen LogP contribution is -2.39. The molecule has 2 atom stereocenters. The van der Waals surface area contributed by atoms with E-state index in [2.05, 4.69) is 5.32 Å². The number of likely N-dealkylation sites (N-methyl/N-ethyl adjacent to an activating group) is 1. The highest BCUT2D eigenvalue weighted by molar-refractivity contribution is 5.94. The SMILES string of the molecule is CN1CC[C@H](NC(=O)c2ccc(=O)n(C)c2)[C@@H]1c1ccc(F)c(F)c1. The summed E-state index contributed by atoms with van der Waals surface area (Å²) in [4.78, 5) is 25.9. The molecule has 2 heterocycles. The van der Waals surface area contributed by atoms with Crippen molar-refractivity contribution in [2.75, 3.05) is 13.6 Å². The van der Waals surface area contributed by atoms with Gasteiger partial charge < -0.3 is 9.88 Å². The van der Waals surface area contributed by atoms with Gasteiger partial charge in [-0.15, -0.1) is 0 Å². The van der Waals surface area contributed by atoms with Gasteiger partial charge in [0.1, 0.15) is 0 Å². The highest BCUT2D eigenvalue weighted by atomic mass is 19.2. The van der Waals surface area contributed by atoms with E-state index in [9.17, 15) is 18.4 Å². The number of pyridine rings is 1. The van der Waals surface area contributed by atoms with E-state index >= 15 is 0 Å². The summed E-state index contributed by atoms with van der Waals surface area (Å²) in [5, 5.41) is 2.94. The van der Waals surface area contributed by atoms with Crippen LogP contribution in [0.15, 0.2) is 41.3 Å². The monoisotopic (exact) mass is 347 g/mol. The van der Waals surface area contributed by atoms with Crippen molar-refractivity contribution in [2.24, 2.45) is 7.05 Å². The summed E-state index contributed by atoms with van der Waals surface area (Å²) in [6, 6.07) is 6.14. The molecule has 1 aliphatic rings. The van der Waals surface area contributed by atoms with Gasteiger partial charge in [-0.1, -0.05) is 6.07 Å². The Hall–Kier alpha value is -2.54. The average Bonchev–Trinajstić information content (AvgIpc) is 2.93. The Morgan fingerprint density at radius 3 is 2.60 bits per heavy atom. The molecular weight excluding hydrogens is 328 g/mol. The van der Waals surface area contributed by atoms with Gasteiger partial charge in [-0.25, -0.2) is 8.78 Å². The lowest BCUT2D eigenvalue weighted by atomic mass is 9.99. The van der Waals surface area contributed by atoms with E-state index < -0.39 is 11.6 Å². The highest BCUT2D eigenvalue weighted by Gasteiger charge is 2.34. The van der Waals surface area contributed by atoms with Gasteiger partial charge in [-0.3, -0.25) is 14.5 Å². The van der Waals surface area contributed by atoms with Crippen molar-refractivity contribution in [1.29, 1.82) is 0 Å². The van der Waals surface area contributed by atoms with Crippen LogP contribution in [0.2, 0.25) is 0 Å². The Balaban J connectivity index is 1.82. The van der Waals surface area contributed by atoms with Gasteiger partial charge in [-0.2, -0.15) is 0 Å². The fourth-order valence-corrected chi connectivity index (χ4v) is 3.26. The van der Waals surface area contributed by atoms with Crippen LogP contribution in [0.1, 0.15) is 28.4 Å². The standard InChI is InChI=1S/C18H19F2N3O2/c1-22-8-7-15(17(22)11-3-5-13(19)14(20)9-11)21-18(25)12-4-6-16(24)23(2)10-12/h3-6,9-10,15,17H,7-8H2,1-2H3,(H,21,25)/t15-,17-/m0/s1. The van der Waals surface area contributed by atoms with E-state index in [1.54, 1.807) is 7.05 Å². The molecule has 0 radical (unpaired) electrons. The number of aromatic nitrogens is 1. The summed E-state index contributed by atoms with van der Waals surface area (Å²) in [5.74, 6) is -2.10. The van der Waals surface area contributed by atoms with Gasteiger partial charge >= 0.3 is 0 Å². The second-order valence-electron chi connectivity index (χ2n) is 6.33. The predicted molar refractivity (Wildman–Crippen MR) is 89.3 cm³/mol. The summed E-state index contributed by atoms with van der Waals surface area (Å²) in [7, 11) is 3.46. The molecule has 2 aromatic rings. The molecule has 25 heavy (non-hydrogen) atoms. The minimum absolute atomic E-state index is 0.197. The molecule has 1 amide bonds. The molecule has 1 fully saturated rings. The topological polar surface area (TPSA) is 54.3 Å². The molecule has 0 spiro atoms. The third kappa shape index (κ3) is 3.46. The van der Waals surface area contributed by atoms with Crippen molar-refractivity contribution in [3.63, 3.8) is 0 Å². The van der Waals surface area contributed by atoms with Crippen molar-refractivity contribution >= 4 is 5.91 Å². The molecule has 1 aliphatic heterocycles. The van der Waals surface area contributed by atoms with Crippen LogP contribution in [0, 0.1) is 11.6 Å². The summed E-state index contributed by atoms with van der Waals surface area (Å²) < 4.78 is 28.1. The van der Waals surface area contributed by atoms with Gasteiger partial charge in [0, 0.05) is 25.9 Å². The fraction of sp³-hybridized carbons (Fsp3) is 0.333. The van der Waals surface area contributed by atoms with Crippen LogP contribution in [0.25, 0.3) is 0 Å². The van der Waals surface area contributed by atoms with Crippen molar-refractivity contribution in [3.8, 4) is 0 Å². The minimum Gasteiger partial charge on any atom is -0.347 e. The first-order chi connectivity index (χ1) is 11.9. The lowest BCUT2D eigenvalue weighted by molar-refractivity contribution is 0.0927. The van der Waals surface area contributed by atoms with E-state index in [0.29, 0.717) is 17.5 Å². The van der Waals surface area contributed by atoms with Crippen molar-refractivity contribution in [3.05, 3.63) is 69.6 Å². The van der Waals surface area contributed by atoms with Gasteiger partial charge in [0.2, 0.25) is 5.56 Å². The van der Waals surface area contributed by atoms with Crippen molar-refractivity contribution < 1.29 is 13.6 Å². The second kappa shape index (κ2) is 6.76. The summed E-state index contributed by atoms with van der Waals surface area (Å²) >= 11 is 0.